The SMILES string of the molecule is CN(C)c1cccc(C(C)(C)C(N)C(=O)O)c1. The predicted octanol–water partition coefficient (Wildman–Crippen LogP) is 1.44. The highest BCUT2D eigenvalue weighted by Gasteiger charge is 2.33. The van der Waals surface area contributed by atoms with Crippen LogP contribution in [0.4, 0.5) is 5.69 Å². The summed E-state index contributed by atoms with van der Waals surface area (Å²) in [6.07, 6.45) is 0. The molecule has 1 atom stereocenters. The Kier molecular flexibility index (Phi) is 3.78. The van der Waals surface area contributed by atoms with Crippen LogP contribution in [-0.2, 0) is 10.2 Å². The van der Waals surface area contributed by atoms with Crippen LogP contribution in [0.1, 0.15) is 19.4 Å². The van der Waals surface area contributed by atoms with E-state index >= 15 is 0 Å². The van der Waals surface area contributed by atoms with E-state index in [2.05, 4.69) is 0 Å². The van der Waals surface area contributed by atoms with Gasteiger partial charge in [0.1, 0.15) is 6.04 Å². The number of nitrogens with two attached hydrogens (primary N) is 1. The molecule has 0 heterocycles. The molecule has 1 unspecified atom stereocenters. The number of aliphatic carboxylic acids is 1. The second kappa shape index (κ2) is 4.75. The molecule has 1 aromatic rings. The first-order valence-electron chi connectivity index (χ1n) is 5.53. The molecule has 0 radical (unpaired) electrons. The van der Waals surface area contributed by atoms with Gasteiger partial charge in [-0.05, 0) is 17.7 Å². The molecular weight excluding hydrogens is 216 g/mol. The number of carbonyl (C=O) groups is 1. The Hall–Kier alpha value is -1.55. The maximum Gasteiger partial charge on any atom is 0.321 e. The molecule has 3 N–H and O–H groups in total. The summed E-state index contributed by atoms with van der Waals surface area (Å²) in [5.74, 6) is -0.981. The van der Waals surface area contributed by atoms with Crippen molar-refractivity contribution in [3.8, 4) is 0 Å². The molecule has 1 aromatic carbocycles. The van der Waals surface area contributed by atoms with Crippen molar-refractivity contribution < 1.29 is 9.90 Å². The summed E-state index contributed by atoms with van der Waals surface area (Å²) >= 11 is 0. The third kappa shape index (κ3) is 2.77. The van der Waals surface area contributed by atoms with E-state index in [1.807, 2.05) is 57.1 Å². The van der Waals surface area contributed by atoms with Gasteiger partial charge in [-0.15, -0.1) is 0 Å². The molecule has 4 heteroatoms. The largest absolute Gasteiger partial charge is 0.480 e. The van der Waals surface area contributed by atoms with E-state index in [9.17, 15) is 4.79 Å². The molecule has 0 amide bonds. The summed E-state index contributed by atoms with van der Waals surface area (Å²) in [6, 6.07) is 6.87. The van der Waals surface area contributed by atoms with Crippen LogP contribution in [0.25, 0.3) is 0 Å². The first kappa shape index (κ1) is 13.5. The number of benzene rings is 1. The van der Waals surface area contributed by atoms with Gasteiger partial charge in [0, 0.05) is 25.2 Å². The molecule has 1 rings (SSSR count). The van der Waals surface area contributed by atoms with Gasteiger partial charge in [-0.25, -0.2) is 0 Å². The van der Waals surface area contributed by atoms with Crippen LogP contribution in [0.15, 0.2) is 24.3 Å². The molecule has 0 aromatic heterocycles. The van der Waals surface area contributed by atoms with Gasteiger partial charge in [0.15, 0.2) is 0 Å². The fourth-order valence-electron chi connectivity index (χ4n) is 1.67. The minimum atomic E-state index is -0.981. The van der Waals surface area contributed by atoms with Gasteiger partial charge in [-0.3, -0.25) is 4.79 Å². The maximum absolute atomic E-state index is 11.0. The van der Waals surface area contributed by atoms with Gasteiger partial charge < -0.3 is 15.7 Å². The van der Waals surface area contributed by atoms with Crippen molar-refractivity contribution in [1.29, 1.82) is 0 Å². The monoisotopic (exact) mass is 236 g/mol. The van der Waals surface area contributed by atoms with Crippen LogP contribution in [0.5, 0.6) is 0 Å². The summed E-state index contributed by atoms with van der Waals surface area (Å²) in [5.41, 5.74) is 7.10. The van der Waals surface area contributed by atoms with Crippen molar-refractivity contribution in [2.75, 3.05) is 19.0 Å². The Balaban J connectivity index is 3.14. The Morgan fingerprint density at radius 3 is 2.47 bits per heavy atom. The minimum absolute atomic E-state index is 0.599. The number of carboxylic acid groups (broad SMARTS) is 1. The Labute approximate surface area is 102 Å². The molecule has 0 saturated carbocycles. The summed E-state index contributed by atoms with van der Waals surface area (Å²) < 4.78 is 0. The summed E-state index contributed by atoms with van der Waals surface area (Å²) in [4.78, 5) is 13.0. The molecule has 0 saturated heterocycles. The van der Waals surface area contributed by atoms with Crippen LogP contribution in [0.3, 0.4) is 0 Å². The first-order chi connectivity index (χ1) is 7.76. The second-order valence-electron chi connectivity index (χ2n) is 4.98. The molecule has 0 spiro atoms. The van der Waals surface area contributed by atoms with Gasteiger partial charge >= 0.3 is 5.97 Å². The fraction of sp³-hybridized carbons (Fsp3) is 0.462. The number of hydrogen-bond acceptors (Lipinski definition) is 3. The zero-order valence-electron chi connectivity index (χ0n) is 10.8. The van der Waals surface area contributed by atoms with Crippen molar-refractivity contribution in [2.24, 2.45) is 5.73 Å². The average Bonchev–Trinajstić information content (AvgIpc) is 2.28. The smallest absolute Gasteiger partial charge is 0.321 e. The van der Waals surface area contributed by atoms with E-state index in [0.29, 0.717) is 0 Å². The lowest BCUT2D eigenvalue weighted by molar-refractivity contribution is -0.140. The number of carboxylic acids is 1. The lowest BCUT2D eigenvalue weighted by Gasteiger charge is -2.30. The van der Waals surface area contributed by atoms with Crippen molar-refractivity contribution in [3.05, 3.63) is 29.8 Å². The lowest BCUT2D eigenvalue weighted by atomic mass is 9.78. The van der Waals surface area contributed by atoms with E-state index in [-0.39, 0.29) is 0 Å². The highest BCUT2D eigenvalue weighted by Crippen LogP contribution is 2.28. The van der Waals surface area contributed by atoms with Gasteiger partial charge in [0.25, 0.3) is 0 Å². The summed E-state index contributed by atoms with van der Waals surface area (Å²) in [5, 5.41) is 9.02. The number of hydrogen-bond donors (Lipinski definition) is 2. The van der Waals surface area contributed by atoms with E-state index in [1.54, 1.807) is 0 Å². The molecule has 94 valence electrons. The standard InChI is InChI=1S/C13H20N2O2/c1-13(2,11(14)12(16)17)9-6-5-7-10(8-9)15(3)4/h5-8,11H,14H2,1-4H3,(H,16,17). The number of rotatable bonds is 4. The molecule has 0 bridgehead atoms. The molecule has 0 fully saturated rings. The van der Waals surface area contributed by atoms with Crippen LogP contribution < -0.4 is 10.6 Å². The summed E-state index contributed by atoms with van der Waals surface area (Å²) in [7, 11) is 3.90. The van der Waals surface area contributed by atoms with Crippen molar-refractivity contribution in [3.63, 3.8) is 0 Å². The number of anilines is 1. The van der Waals surface area contributed by atoms with Gasteiger partial charge in [0.05, 0.1) is 0 Å². The van der Waals surface area contributed by atoms with Gasteiger partial charge in [-0.2, -0.15) is 0 Å². The highest BCUT2D eigenvalue weighted by molar-refractivity contribution is 5.75. The normalized spacial score (nSPS) is 13.2. The van der Waals surface area contributed by atoms with Crippen molar-refractivity contribution in [2.45, 2.75) is 25.3 Å². The Bertz CT molecular complexity index is 414. The van der Waals surface area contributed by atoms with E-state index < -0.39 is 17.4 Å². The van der Waals surface area contributed by atoms with E-state index in [0.717, 1.165) is 11.3 Å². The zero-order chi connectivity index (χ0) is 13.2. The van der Waals surface area contributed by atoms with E-state index in [4.69, 9.17) is 10.8 Å². The number of nitrogens with zero attached hydrogens (tertiary/aromatic N) is 1. The van der Waals surface area contributed by atoms with Crippen LogP contribution >= 0.6 is 0 Å². The van der Waals surface area contributed by atoms with Gasteiger partial charge in [0.2, 0.25) is 0 Å². The fourth-order valence-corrected chi connectivity index (χ4v) is 1.67. The Morgan fingerprint density at radius 2 is 2.00 bits per heavy atom. The van der Waals surface area contributed by atoms with Crippen LogP contribution in [0, 0.1) is 0 Å². The second-order valence-corrected chi connectivity index (χ2v) is 4.98. The van der Waals surface area contributed by atoms with E-state index in [1.165, 1.54) is 0 Å². The maximum atomic E-state index is 11.0. The van der Waals surface area contributed by atoms with Crippen LogP contribution in [-0.4, -0.2) is 31.2 Å². The molecule has 0 aliphatic heterocycles. The third-order valence-corrected chi connectivity index (χ3v) is 3.15. The molecule has 0 aliphatic rings. The third-order valence-electron chi connectivity index (χ3n) is 3.15. The molecule has 17 heavy (non-hydrogen) atoms. The summed E-state index contributed by atoms with van der Waals surface area (Å²) in [6.45, 7) is 3.70. The highest BCUT2D eigenvalue weighted by atomic mass is 16.4. The van der Waals surface area contributed by atoms with Gasteiger partial charge in [-0.1, -0.05) is 26.0 Å². The predicted molar refractivity (Wildman–Crippen MR) is 69.4 cm³/mol. The van der Waals surface area contributed by atoms with Crippen molar-refractivity contribution in [1.82, 2.24) is 0 Å². The first-order valence-corrected chi connectivity index (χ1v) is 5.53. The lowest BCUT2D eigenvalue weighted by Crippen LogP contribution is -2.46. The molecule has 0 aliphatic carbocycles. The van der Waals surface area contributed by atoms with Crippen LogP contribution in [0.2, 0.25) is 0 Å². The quantitative estimate of drug-likeness (QED) is 0.830. The average molecular weight is 236 g/mol. The molecular formula is C13H20N2O2. The topological polar surface area (TPSA) is 66.6 Å². The zero-order valence-corrected chi connectivity index (χ0v) is 10.8. The molecule has 4 nitrogen and oxygen atoms in total. The van der Waals surface area contributed by atoms with Crippen molar-refractivity contribution >= 4 is 11.7 Å². The minimum Gasteiger partial charge on any atom is -0.480 e. The Morgan fingerprint density at radius 1 is 1.41 bits per heavy atom.